The summed E-state index contributed by atoms with van der Waals surface area (Å²) < 4.78 is 14.4. The van der Waals surface area contributed by atoms with Crippen LogP contribution in [0.25, 0.3) is 0 Å². The third kappa shape index (κ3) is 4.38. The summed E-state index contributed by atoms with van der Waals surface area (Å²) in [5.74, 6) is -0.286. The molecule has 6 heteroatoms. The largest absolute Gasteiger partial charge is 0.387 e. The molecule has 0 spiro atoms. The fraction of sp³-hybridized carbons (Fsp3) is 0.333. The van der Waals surface area contributed by atoms with Crippen LogP contribution in [0.1, 0.15) is 41.7 Å². The van der Waals surface area contributed by atoms with Crippen LogP contribution in [0.4, 0.5) is 10.1 Å². The summed E-state index contributed by atoms with van der Waals surface area (Å²) in [7, 11) is 2.00. The van der Waals surface area contributed by atoms with Gasteiger partial charge in [0.15, 0.2) is 6.10 Å². The van der Waals surface area contributed by atoms with Crippen LogP contribution in [0, 0.1) is 19.7 Å². The van der Waals surface area contributed by atoms with Gasteiger partial charge in [0.25, 0.3) is 0 Å². The molecule has 0 amide bonds. The van der Waals surface area contributed by atoms with Crippen molar-refractivity contribution >= 4 is 33.7 Å². The van der Waals surface area contributed by atoms with Gasteiger partial charge in [-0.05, 0) is 67.8 Å². The first kappa shape index (κ1) is 19.5. The van der Waals surface area contributed by atoms with Gasteiger partial charge in [0.2, 0.25) is 0 Å². The topological polar surface area (TPSA) is 37.2 Å². The fourth-order valence-corrected chi connectivity index (χ4v) is 3.45. The Labute approximate surface area is 167 Å². The number of halogens is 2. The summed E-state index contributed by atoms with van der Waals surface area (Å²) in [6.07, 6.45) is 2.27. The molecule has 0 aromatic heterocycles. The van der Waals surface area contributed by atoms with E-state index in [4.69, 9.17) is 4.84 Å². The Hall–Kier alpha value is -2.21. The monoisotopic (exact) mass is 431 g/mol. The van der Waals surface area contributed by atoms with Gasteiger partial charge in [-0.3, -0.25) is 0 Å². The maximum atomic E-state index is 13.6. The normalized spacial score (nSPS) is 16.5. The predicted octanol–water partition coefficient (Wildman–Crippen LogP) is 5.68. The van der Waals surface area contributed by atoms with Crippen molar-refractivity contribution in [2.45, 2.75) is 33.3 Å². The number of benzene rings is 2. The van der Waals surface area contributed by atoms with E-state index in [0.29, 0.717) is 6.42 Å². The summed E-state index contributed by atoms with van der Waals surface area (Å²) in [6.45, 7) is 7.09. The fourth-order valence-electron chi connectivity index (χ4n) is 2.97. The second-order valence-electron chi connectivity index (χ2n) is 6.77. The zero-order valence-electron chi connectivity index (χ0n) is 16.0. The molecule has 1 aliphatic heterocycles. The Balaban J connectivity index is 1.81. The molecular formula is C21H23BrFN3O. The highest BCUT2D eigenvalue weighted by atomic mass is 79.9. The average Bonchev–Trinajstić information content (AvgIpc) is 3.13. The van der Waals surface area contributed by atoms with E-state index in [-0.39, 0.29) is 11.9 Å². The summed E-state index contributed by atoms with van der Waals surface area (Å²) in [5, 5.41) is 4.21. The molecule has 1 atom stereocenters. The van der Waals surface area contributed by atoms with Gasteiger partial charge in [0.1, 0.15) is 5.82 Å². The number of hydrogen-bond acceptors (Lipinski definition) is 3. The number of aryl methyl sites for hydroxylation is 2. The highest BCUT2D eigenvalue weighted by Gasteiger charge is 2.27. The Morgan fingerprint density at radius 1 is 1.30 bits per heavy atom. The molecule has 0 saturated carbocycles. The van der Waals surface area contributed by atoms with Crippen LogP contribution in [0.3, 0.4) is 0 Å². The molecule has 0 bridgehead atoms. The third-order valence-corrected chi connectivity index (χ3v) is 5.42. The van der Waals surface area contributed by atoms with Crippen molar-refractivity contribution in [3.8, 4) is 0 Å². The number of oxime groups is 1. The first-order valence-corrected chi connectivity index (χ1v) is 9.72. The molecule has 27 heavy (non-hydrogen) atoms. The van der Waals surface area contributed by atoms with Crippen LogP contribution in [0.15, 0.2) is 45.0 Å². The molecule has 1 aliphatic rings. The minimum Gasteiger partial charge on any atom is -0.387 e. The summed E-state index contributed by atoms with van der Waals surface area (Å²) in [5.41, 5.74) is 5.70. The molecule has 4 nitrogen and oxygen atoms in total. The molecule has 142 valence electrons. The van der Waals surface area contributed by atoms with Crippen molar-refractivity contribution in [3.63, 3.8) is 0 Å². The Kier molecular flexibility index (Phi) is 5.95. The molecule has 0 aliphatic carbocycles. The van der Waals surface area contributed by atoms with Crippen molar-refractivity contribution in [1.82, 2.24) is 4.90 Å². The molecule has 1 unspecified atom stereocenters. The van der Waals surface area contributed by atoms with Gasteiger partial charge < -0.3 is 9.74 Å². The number of hydrogen-bond donors (Lipinski definition) is 0. The first-order valence-electron chi connectivity index (χ1n) is 8.92. The quantitative estimate of drug-likeness (QED) is 0.450. The number of nitrogens with zero attached hydrogens (tertiary/aromatic N) is 3. The molecular weight excluding hydrogens is 409 g/mol. The van der Waals surface area contributed by atoms with Crippen molar-refractivity contribution in [3.05, 3.63) is 62.9 Å². The van der Waals surface area contributed by atoms with E-state index in [1.807, 2.05) is 25.2 Å². The van der Waals surface area contributed by atoms with Gasteiger partial charge >= 0.3 is 0 Å². The van der Waals surface area contributed by atoms with E-state index >= 15 is 0 Å². The van der Waals surface area contributed by atoms with Gasteiger partial charge in [0, 0.05) is 30.0 Å². The molecule has 2 aromatic rings. The highest BCUT2D eigenvalue weighted by Crippen LogP contribution is 2.35. The van der Waals surface area contributed by atoms with Gasteiger partial charge in [-0.2, -0.15) is 0 Å². The van der Waals surface area contributed by atoms with Crippen LogP contribution in [-0.2, 0) is 4.84 Å². The maximum absolute atomic E-state index is 13.6. The van der Waals surface area contributed by atoms with Crippen molar-refractivity contribution in [1.29, 1.82) is 0 Å². The SMILES string of the molecule is CCN(C)C=Nc1cc(C)c(C2CC(c3cc(F)ccc3Br)=NO2)cc1C. The predicted molar refractivity (Wildman–Crippen MR) is 111 cm³/mol. The lowest BCUT2D eigenvalue weighted by Crippen LogP contribution is -2.14. The Morgan fingerprint density at radius 2 is 2.07 bits per heavy atom. The van der Waals surface area contributed by atoms with Gasteiger partial charge in [0.05, 0.1) is 17.7 Å². The molecule has 3 rings (SSSR count). The Bertz CT molecular complexity index is 911. The van der Waals surface area contributed by atoms with Crippen molar-refractivity contribution in [2.24, 2.45) is 10.1 Å². The molecule has 0 radical (unpaired) electrons. The van der Waals surface area contributed by atoms with Crippen molar-refractivity contribution < 1.29 is 9.23 Å². The van der Waals surface area contributed by atoms with Gasteiger partial charge in [-0.1, -0.05) is 21.1 Å². The van der Waals surface area contributed by atoms with E-state index in [1.165, 1.54) is 12.1 Å². The van der Waals surface area contributed by atoms with E-state index in [9.17, 15) is 4.39 Å². The molecule has 0 fully saturated rings. The molecule has 0 saturated heterocycles. The highest BCUT2D eigenvalue weighted by molar-refractivity contribution is 9.10. The van der Waals surface area contributed by atoms with E-state index < -0.39 is 0 Å². The summed E-state index contributed by atoms with van der Waals surface area (Å²) in [4.78, 5) is 12.3. The molecule has 2 aromatic carbocycles. The van der Waals surface area contributed by atoms with Crippen LogP contribution in [-0.4, -0.2) is 30.5 Å². The minimum absolute atomic E-state index is 0.176. The number of rotatable bonds is 5. The molecule has 1 heterocycles. The second kappa shape index (κ2) is 8.21. The maximum Gasteiger partial charge on any atom is 0.158 e. The lowest BCUT2D eigenvalue weighted by molar-refractivity contribution is 0.0852. The minimum atomic E-state index is -0.286. The zero-order chi connectivity index (χ0) is 19.6. The van der Waals surface area contributed by atoms with E-state index in [0.717, 1.165) is 44.7 Å². The van der Waals surface area contributed by atoms with Crippen LogP contribution in [0.5, 0.6) is 0 Å². The lowest BCUT2D eigenvalue weighted by Gasteiger charge is -2.15. The van der Waals surface area contributed by atoms with Crippen LogP contribution >= 0.6 is 15.9 Å². The van der Waals surface area contributed by atoms with Crippen molar-refractivity contribution in [2.75, 3.05) is 13.6 Å². The van der Waals surface area contributed by atoms with Crippen LogP contribution in [0.2, 0.25) is 0 Å². The lowest BCUT2D eigenvalue weighted by atomic mass is 9.95. The Morgan fingerprint density at radius 3 is 2.81 bits per heavy atom. The van der Waals surface area contributed by atoms with E-state index in [1.54, 1.807) is 6.07 Å². The third-order valence-electron chi connectivity index (χ3n) is 4.73. The van der Waals surface area contributed by atoms with Gasteiger partial charge in [-0.15, -0.1) is 0 Å². The summed E-state index contributed by atoms with van der Waals surface area (Å²) >= 11 is 3.46. The van der Waals surface area contributed by atoms with Crippen LogP contribution < -0.4 is 0 Å². The average molecular weight is 432 g/mol. The second-order valence-corrected chi connectivity index (χ2v) is 7.63. The standard InChI is InChI=1S/C21H23BrFN3O/c1-5-26(4)12-24-19-9-13(2)16(8-14(19)3)21-11-20(25-27-21)17-10-15(23)6-7-18(17)22/h6-10,12,21H,5,11H2,1-4H3. The zero-order valence-corrected chi connectivity index (χ0v) is 17.5. The van der Waals surface area contributed by atoms with Gasteiger partial charge in [-0.25, -0.2) is 9.38 Å². The smallest absolute Gasteiger partial charge is 0.158 e. The first-order chi connectivity index (χ1) is 12.9. The van der Waals surface area contributed by atoms with E-state index in [2.05, 4.69) is 52.1 Å². The summed E-state index contributed by atoms with van der Waals surface area (Å²) in [6, 6.07) is 8.77. The molecule has 0 N–H and O–H groups in total. The number of aliphatic imine (C=N–C) groups is 1.